The van der Waals surface area contributed by atoms with Crippen molar-refractivity contribution in [1.82, 2.24) is 3.11 Å². The fraction of sp³-hybridized carbons (Fsp3) is 1.00. The molecule has 1 N–H and O–H groups in total. The zero-order chi connectivity index (χ0) is 5.98. The molecule has 0 aromatic heterocycles. The van der Waals surface area contributed by atoms with Gasteiger partial charge in [-0.1, -0.05) is 0 Å². The van der Waals surface area contributed by atoms with Gasteiger partial charge in [0.2, 0.25) is 0 Å². The second-order valence-corrected chi connectivity index (χ2v) is 3.53. The minimum atomic E-state index is -0.0688. The number of hydrogen-bond donors (Lipinski definition) is 1. The SMILES string of the molecule is O[C@H]1CCCN(I)C1. The molecule has 1 rings (SSSR count). The molecule has 8 heavy (non-hydrogen) atoms. The third kappa shape index (κ3) is 1.87. The average Bonchev–Trinajstić information content (AvgIpc) is 1.64. The Kier molecular flexibility index (Phi) is 2.52. The topological polar surface area (TPSA) is 23.5 Å². The van der Waals surface area contributed by atoms with Crippen LogP contribution < -0.4 is 0 Å². The molecule has 1 aliphatic heterocycles. The van der Waals surface area contributed by atoms with E-state index in [-0.39, 0.29) is 6.10 Å². The molecule has 0 radical (unpaired) electrons. The summed E-state index contributed by atoms with van der Waals surface area (Å²) < 4.78 is 2.13. The van der Waals surface area contributed by atoms with E-state index in [1.165, 1.54) is 0 Å². The van der Waals surface area contributed by atoms with Crippen molar-refractivity contribution in [2.75, 3.05) is 13.1 Å². The highest BCUT2D eigenvalue weighted by Crippen LogP contribution is 2.12. The average molecular weight is 227 g/mol. The molecule has 0 aliphatic carbocycles. The molecule has 0 aromatic rings. The minimum Gasteiger partial charge on any atom is -0.392 e. The van der Waals surface area contributed by atoms with Crippen LogP contribution in [-0.2, 0) is 0 Å². The molecule has 1 aliphatic rings. The summed E-state index contributed by atoms with van der Waals surface area (Å²) in [5.41, 5.74) is 0. The molecule has 1 saturated heterocycles. The van der Waals surface area contributed by atoms with Crippen molar-refractivity contribution in [2.45, 2.75) is 18.9 Å². The Labute approximate surface area is 63.4 Å². The first kappa shape index (κ1) is 6.77. The Bertz CT molecular complexity index is 70.8. The molecule has 0 amide bonds. The highest BCUT2D eigenvalue weighted by molar-refractivity contribution is 14.1. The molecule has 1 fully saturated rings. The number of piperidine rings is 1. The first-order chi connectivity index (χ1) is 3.79. The van der Waals surface area contributed by atoms with Gasteiger partial charge in [-0.25, -0.2) is 3.11 Å². The van der Waals surface area contributed by atoms with Crippen LogP contribution in [0.2, 0.25) is 0 Å². The van der Waals surface area contributed by atoms with Gasteiger partial charge in [0.1, 0.15) is 0 Å². The van der Waals surface area contributed by atoms with Crippen molar-refractivity contribution in [3.63, 3.8) is 0 Å². The van der Waals surface area contributed by atoms with Gasteiger partial charge in [0, 0.05) is 36.0 Å². The molecule has 0 unspecified atom stereocenters. The standard InChI is InChI=1S/C5H10INO/c6-7-3-1-2-5(8)4-7/h5,8H,1-4H2/t5-/m0/s1. The fourth-order valence-electron chi connectivity index (χ4n) is 0.910. The maximum atomic E-state index is 9.03. The number of nitrogens with zero attached hydrogens (tertiary/aromatic N) is 1. The van der Waals surface area contributed by atoms with Crippen molar-refractivity contribution in [3.05, 3.63) is 0 Å². The highest BCUT2D eigenvalue weighted by atomic mass is 127. The number of rotatable bonds is 0. The Morgan fingerprint density at radius 3 is 2.75 bits per heavy atom. The second-order valence-electron chi connectivity index (χ2n) is 2.16. The summed E-state index contributed by atoms with van der Waals surface area (Å²) in [5.74, 6) is 0. The van der Waals surface area contributed by atoms with E-state index in [2.05, 4.69) is 26.0 Å². The number of β-amino-alcohol motifs (C(OH)–C–C–N with tert-alkyl or cyclic N) is 1. The van der Waals surface area contributed by atoms with Crippen LogP contribution in [0.1, 0.15) is 12.8 Å². The lowest BCUT2D eigenvalue weighted by Gasteiger charge is -2.23. The van der Waals surface area contributed by atoms with Crippen LogP contribution in [0.25, 0.3) is 0 Å². The third-order valence-corrected chi connectivity index (χ3v) is 2.22. The van der Waals surface area contributed by atoms with Gasteiger partial charge in [0.05, 0.1) is 6.10 Å². The summed E-state index contributed by atoms with van der Waals surface area (Å²) in [6.45, 7) is 1.98. The second kappa shape index (κ2) is 2.98. The van der Waals surface area contributed by atoms with Crippen LogP contribution in [0.3, 0.4) is 0 Å². The highest BCUT2D eigenvalue weighted by Gasteiger charge is 2.14. The van der Waals surface area contributed by atoms with E-state index < -0.39 is 0 Å². The van der Waals surface area contributed by atoms with Crippen molar-refractivity contribution in [3.8, 4) is 0 Å². The summed E-state index contributed by atoms with van der Waals surface area (Å²) in [4.78, 5) is 0. The number of hydrogen-bond acceptors (Lipinski definition) is 2. The molecule has 0 spiro atoms. The Morgan fingerprint density at radius 2 is 2.38 bits per heavy atom. The van der Waals surface area contributed by atoms with E-state index >= 15 is 0 Å². The summed E-state index contributed by atoms with van der Waals surface area (Å²) >= 11 is 2.25. The van der Waals surface area contributed by atoms with E-state index in [4.69, 9.17) is 5.11 Å². The number of halogens is 1. The van der Waals surface area contributed by atoms with Gasteiger partial charge in [-0.15, -0.1) is 0 Å². The number of aliphatic hydroxyl groups is 1. The summed E-state index contributed by atoms with van der Waals surface area (Å²) in [5, 5.41) is 9.03. The van der Waals surface area contributed by atoms with Crippen LogP contribution in [0.15, 0.2) is 0 Å². The lowest BCUT2D eigenvalue weighted by atomic mass is 10.1. The summed E-state index contributed by atoms with van der Waals surface area (Å²) in [6.07, 6.45) is 2.06. The zero-order valence-electron chi connectivity index (χ0n) is 4.68. The van der Waals surface area contributed by atoms with Crippen LogP contribution in [-0.4, -0.2) is 27.4 Å². The Balaban J connectivity index is 2.23. The monoisotopic (exact) mass is 227 g/mol. The Morgan fingerprint density at radius 1 is 1.62 bits per heavy atom. The van der Waals surface area contributed by atoms with E-state index in [0.29, 0.717) is 0 Å². The predicted octanol–water partition coefficient (Wildman–Crippen LogP) is 0.793. The molecule has 1 atom stereocenters. The van der Waals surface area contributed by atoms with E-state index in [1.54, 1.807) is 0 Å². The largest absolute Gasteiger partial charge is 0.392 e. The minimum absolute atomic E-state index is 0.0688. The summed E-state index contributed by atoms with van der Waals surface area (Å²) in [6, 6.07) is 0. The van der Waals surface area contributed by atoms with Gasteiger partial charge in [-0.3, -0.25) is 0 Å². The van der Waals surface area contributed by atoms with Gasteiger partial charge in [-0.2, -0.15) is 0 Å². The van der Waals surface area contributed by atoms with Gasteiger partial charge >= 0.3 is 0 Å². The lowest BCUT2D eigenvalue weighted by Crippen LogP contribution is -2.31. The molecule has 2 nitrogen and oxygen atoms in total. The fourth-order valence-corrected chi connectivity index (χ4v) is 1.71. The summed E-state index contributed by atoms with van der Waals surface area (Å²) in [7, 11) is 0. The normalized spacial score (nSPS) is 33.0. The molecule has 0 bridgehead atoms. The van der Waals surface area contributed by atoms with Crippen molar-refractivity contribution in [2.24, 2.45) is 0 Å². The lowest BCUT2D eigenvalue weighted by molar-refractivity contribution is 0.119. The van der Waals surface area contributed by atoms with Gasteiger partial charge < -0.3 is 5.11 Å². The molecule has 1 heterocycles. The smallest absolute Gasteiger partial charge is 0.0675 e. The van der Waals surface area contributed by atoms with Crippen LogP contribution in [0, 0.1) is 0 Å². The van der Waals surface area contributed by atoms with Crippen molar-refractivity contribution < 1.29 is 5.11 Å². The van der Waals surface area contributed by atoms with Crippen LogP contribution in [0.4, 0.5) is 0 Å². The third-order valence-electron chi connectivity index (χ3n) is 1.35. The Hall–Kier alpha value is 0.650. The molecule has 0 saturated carbocycles. The molecule has 0 aromatic carbocycles. The molecule has 48 valence electrons. The first-order valence-electron chi connectivity index (χ1n) is 2.88. The van der Waals surface area contributed by atoms with Crippen molar-refractivity contribution in [1.29, 1.82) is 0 Å². The van der Waals surface area contributed by atoms with E-state index in [0.717, 1.165) is 25.9 Å². The number of aliphatic hydroxyl groups excluding tert-OH is 1. The predicted molar refractivity (Wildman–Crippen MR) is 40.8 cm³/mol. The van der Waals surface area contributed by atoms with Crippen molar-refractivity contribution >= 4 is 22.9 Å². The van der Waals surface area contributed by atoms with Gasteiger partial charge in [0.15, 0.2) is 0 Å². The molecular formula is C5H10INO. The first-order valence-corrected chi connectivity index (χ1v) is 3.84. The molecule has 3 heteroatoms. The van der Waals surface area contributed by atoms with Crippen LogP contribution in [0.5, 0.6) is 0 Å². The van der Waals surface area contributed by atoms with Crippen LogP contribution >= 0.6 is 22.9 Å². The maximum Gasteiger partial charge on any atom is 0.0675 e. The maximum absolute atomic E-state index is 9.03. The van der Waals surface area contributed by atoms with Gasteiger partial charge in [0.25, 0.3) is 0 Å². The molecular weight excluding hydrogens is 217 g/mol. The van der Waals surface area contributed by atoms with Gasteiger partial charge in [-0.05, 0) is 12.8 Å². The van der Waals surface area contributed by atoms with E-state index in [9.17, 15) is 0 Å². The zero-order valence-corrected chi connectivity index (χ0v) is 6.84. The quantitative estimate of drug-likeness (QED) is 0.488. The van der Waals surface area contributed by atoms with E-state index in [1.807, 2.05) is 0 Å².